The first-order valence-electron chi connectivity index (χ1n) is 3.91. The second kappa shape index (κ2) is 2.53. The summed E-state index contributed by atoms with van der Waals surface area (Å²) in [6.07, 6.45) is 0. The predicted molar refractivity (Wildman–Crippen MR) is 52.7 cm³/mol. The van der Waals surface area contributed by atoms with Gasteiger partial charge in [0, 0.05) is 23.5 Å². The summed E-state index contributed by atoms with van der Waals surface area (Å²) >= 11 is 6.11. The van der Waals surface area contributed by atoms with Crippen molar-refractivity contribution in [3.63, 3.8) is 0 Å². The summed E-state index contributed by atoms with van der Waals surface area (Å²) in [5.41, 5.74) is 1.22. The highest BCUT2D eigenvalue weighted by Crippen LogP contribution is 2.27. The smallest absolute Gasteiger partial charge is 0.116 e. The van der Waals surface area contributed by atoms with Gasteiger partial charge in [0.25, 0.3) is 0 Å². The Morgan fingerprint density at radius 1 is 1.17 bits per heavy atom. The van der Waals surface area contributed by atoms with E-state index in [0.717, 1.165) is 10.5 Å². The summed E-state index contributed by atoms with van der Waals surface area (Å²) in [6.45, 7) is 2.08. The van der Waals surface area contributed by atoms with Crippen molar-refractivity contribution >= 4 is 22.4 Å². The van der Waals surface area contributed by atoms with Crippen LogP contribution in [-0.4, -0.2) is 4.57 Å². The van der Waals surface area contributed by atoms with E-state index in [2.05, 4.69) is 13.0 Å². The van der Waals surface area contributed by atoms with Gasteiger partial charge in [0.15, 0.2) is 0 Å². The molecule has 1 aromatic heterocycles. The minimum atomic E-state index is 0.822. The van der Waals surface area contributed by atoms with E-state index in [9.17, 15) is 0 Å². The highest BCUT2D eigenvalue weighted by molar-refractivity contribution is 6.35. The van der Waals surface area contributed by atoms with Gasteiger partial charge in [-0.15, -0.1) is 0 Å². The highest BCUT2D eigenvalue weighted by atomic mass is 35.5. The molecule has 62 valence electrons. The Hall–Kier alpha value is -0.950. The molecule has 0 fully saturated rings. The molecule has 0 aliphatic rings. The molecule has 0 bridgehead atoms. The highest BCUT2D eigenvalue weighted by Gasteiger charge is 2.07. The van der Waals surface area contributed by atoms with Gasteiger partial charge >= 0.3 is 0 Å². The van der Waals surface area contributed by atoms with E-state index >= 15 is 0 Å². The lowest BCUT2D eigenvalue weighted by Crippen LogP contribution is -1.88. The van der Waals surface area contributed by atoms with Crippen molar-refractivity contribution in [1.82, 2.24) is 4.57 Å². The van der Waals surface area contributed by atoms with Crippen molar-refractivity contribution in [2.24, 2.45) is 7.05 Å². The fourth-order valence-electron chi connectivity index (χ4n) is 1.49. The van der Waals surface area contributed by atoms with Gasteiger partial charge in [-0.05, 0) is 6.92 Å². The van der Waals surface area contributed by atoms with E-state index in [1.54, 1.807) is 0 Å². The van der Waals surface area contributed by atoms with Crippen LogP contribution >= 0.6 is 11.6 Å². The lowest BCUT2D eigenvalue weighted by molar-refractivity contribution is 0.890. The zero-order valence-corrected chi connectivity index (χ0v) is 7.89. The van der Waals surface area contributed by atoms with E-state index in [1.807, 2.05) is 29.8 Å². The molecular weight excluding hydrogens is 170 g/mol. The molecule has 1 heterocycles. The molecule has 0 spiro atoms. The molecular formula is C10H10ClN. The molecule has 0 saturated carbocycles. The van der Waals surface area contributed by atoms with Gasteiger partial charge in [-0.2, -0.15) is 0 Å². The van der Waals surface area contributed by atoms with Gasteiger partial charge in [-0.25, -0.2) is 0 Å². The minimum Gasteiger partial charge on any atom is -0.338 e. The maximum absolute atomic E-state index is 6.11. The summed E-state index contributed by atoms with van der Waals surface area (Å²) in [4.78, 5) is 0. The zero-order valence-electron chi connectivity index (χ0n) is 7.13. The number of halogens is 1. The van der Waals surface area contributed by atoms with Crippen LogP contribution in [0.3, 0.4) is 0 Å². The van der Waals surface area contributed by atoms with E-state index in [-0.39, 0.29) is 0 Å². The predicted octanol–water partition coefficient (Wildman–Crippen LogP) is 3.14. The summed E-state index contributed by atoms with van der Waals surface area (Å²) in [5, 5.41) is 3.20. The van der Waals surface area contributed by atoms with Crippen LogP contribution in [0.2, 0.25) is 5.15 Å². The maximum atomic E-state index is 6.11. The fraction of sp³-hybridized carbons (Fsp3) is 0.200. The number of aromatic nitrogens is 1. The lowest BCUT2D eigenvalue weighted by Gasteiger charge is -1.95. The van der Waals surface area contributed by atoms with Crippen LogP contribution in [-0.2, 0) is 7.05 Å². The second-order valence-electron chi connectivity index (χ2n) is 2.98. The van der Waals surface area contributed by atoms with Crippen molar-refractivity contribution in [1.29, 1.82) is 0 Å². The van der Waals surface area contributed by atoms with Gasteiger partial charge in [-0.1, -0.05) is 35.9 Å². The monoisotopic (exact) mass is 179 g/mol. The molecule has 0 aliphatic carbocycles. The number of fused-ring (bicyclic) bond motifs is 1. The molecule has 0 atom stereocenters. The Morgan fingerprint density at radius 2 is 1.75 bits per heavy atom. The van der Waals surface area contributed by atoms with Crippen LogP contribution in [0.1, 0.15) is 5.69 Å². The number of benzene rings is 1. The zero-order chi connectivity index (χ0) is 8.72. The first-order chi connectivity index (χ1) is 5.72. The molecule has 2 rings (SSSR count). The Bertz CT molecular complexity index is 390. The summed E-state index contributed by atoms with van der Waals surface area (Å²) in [5.74, 6) is 0. The van der Waals surface area contributed by atoms with Crippen LogP contribution < -0.4 is 0 Å². The summed E-state index contributed by atoms with van der Waals surface area (Å²) < 4.78 is 2.01. The lowest BCUT2D eigenvalue weighted by atomic mass is 10.2. The molecule has 1 aromatic carbocycles. The van der Waals surface area contributed by atoms with Gasteiger partial charge in [0.05, 0.1) is 0 Å². The van der Waals surface area contributed by atoms with Gasteiger partial charge in [0.2, 0.25) is 0 Å². The number of hydrogen-bond donors (Lipinski definition) is 0. The van der Waals surface area contributed by atoms with Crippen LogP contribution in [0.5, 0.6) is 0 Å². The molecule has 1 nitrogen and oxygen atoms in total. The topological polar surface area (TPSA) is 4.93 Å². The first-order valence-corrected chi connectivity index (χ1v) is 4.29. The van der Waals surface area contributed by atoms with Crippen molar-refractivity contribution < 1.29 is 0 Å². The van der Waals surface area contributed by atoms with E-state index in [0.29, 0.717) is 0 Å². The molecule has 2 heteroatoms. The minimum absolute atomic E-state index is 0.822. The fourth-order valence-corrected chi connectivity index (χ4v) is 1.78. The van der Waals surface area contributed by atoms with Gasteiger partial charge in [-0.3, -0.25) is 0 Å². The molecule has 0 N–H and O–H groups in total. The van der Waals surface area contributed by atoms with Crippen LogP contribution in [0.4, 0.5) is 0 Å². The average molecular weight is 180 g/mol. The first kappa shape index (κ1) is 7.69. The Balaban J connectivity index is 2.99. The second-order valence-corrected chi connectivity index (χ2v) is 3.34. The molecule has 0 aliphatic heterocycles. The molecule has 12 heavy (non-hydrogen) atoms. The normalized spacial score (nSPS) is 10.9. The van der Waals surface area contributed by atoms with Crippen LogP contribution in [0, 0.1) is 6.92 Å². The molecule has 0 radical (unpaired) electrons. The van der Waals surface area contributed by atoms with E-state index < -0.39 is 0 Å². The molecule has 2 aromatic rings. The van der Waals surface area contributed by atoms with Gasteiger partial charge < -0.3 is 4.57 Å². The third kappa shape index (κ3) is 0.864. The number of aryl methyl sites for hydroxylation is 1. The van der Waals surface area contributed by atoms with Crippen LogP contribution in [0.25, 0.3) is 10.8 Å². The maximum Gasteiger partial charge on any atom is 0.116 e. The number of nitrogens with zero attached hydrogens (tertiary/aromatic N) is 1. The Morgan fingerprint density at radius 3 is 2.33 bits per heavy atom. The Labute approximate surface area is 76.6 Å². The molecule has 0 saturated heterocycles. The van der Waals surface area contributed by atoms with E-state index in [1.165, 1.54) is 11.1 Å². The molecule has 0 amide bonds. The van der Waals surface area contributed by atoms with Crippen LogP contribution in [0.15, 0.2) is 24.3 Å². The third-order valence-corrected chi connectivity index (χ3v) is 2.79. The van der Waals surface area contributed by atoms with Crippen molar-refractivity contribution in [2.45, 2.75) is 6.92 Å². The van der Waals surface area contributed by atoms with Crippen molar-refractivity contribution in [2.75, 3.05) is 0 Å². The average Bonchev–Trinajstić information content (AvgIpc) is 2.33. The number of hydrogen-bond acceptors (Lipinski definition) is 0. The Kier molecular flexibility index (Phi) is 1.62. The third-order valence-electron chi connectivity index (χ3n) is 2.34. The number of rotatable bonds is 0. The summed E-state index contributed by atoms with van der Waals surface area (Å²) in [7, 11) is 1.98. The van der Waals surface area contributed by atoms with Gasteiger partial charge in [0.1, 0.15) is 5.15 Å². The van der Waals surface area contributed by atoms with E-state index in [4.69, 9.17) is 11.6 Å². The molecule has 0 unspecified atom stereocenters. The quantitative estimate of drug-likeness (QED) is 0.586. The SMILES string of the molecule is Cc1c2ccccc2c(Cl)n1C. The van der Waals surface area contributed by atoms with Crippen molar-refractivity contribution in [3.05, 3.63) is 35.1 Å². The standard InChI is InChI=1S/C10H10ClN/c1-7-8-5-3-4-6-9(8)10(11)12(7)2/h3-6H,1-2H3. The largest absolute Gasteiger partial charge is 0.338 e. The summed E-state index contributed by atoms with van der Waals surface area (Å²) in [6, 6.07) is 8.18. The van der Waals surface area contributed by atoms with Crippen molar-refractivity contribution in [3.8, 4) is 0 Å².